The van der Waals surface area contributed by atoms with Gasteiger partial charge in [-0.2, -0.15) is 10.2 Å². The number of aromatic nitrogens is 4. The first kappa shape index (κ1) is 16.5. The van der Waals surface area contributed by atoms with Crippen LogP contribution in [0.1, 0.15) is 23.1 Å². The average molecular weight is 364 g/mol. The fourth-order valence-corrected chi connectivity index (χ4v) is 2.53. The number of aryl methyl sites for hydroxylation is 1. The quantitative estimate of drug-likeness (QED) is 0.727. The van der Waals surface area contributed by atoms with Gasteiger partial charge in [-0.15, -0.1) is 0 Å². The Kier molecular flexibility index (Phi) is 4.87. The molecule has 3 rings (SSSR count). The number of carbonyl (C=O) groups excluding carboxylic acids is 1. The molecule has 1 amide bonds. The zero-order valence-corrected chi connectivity index (χ0v) is 14.4. The van der Waals surface area contributed by atoms with Gasteiger partial charge in [-0.25, -0.2) is 0 Å². The normalized spacial score (nSPS) is 10.8. The van der Waals surface area contributed by atoms with Crippen LogP contribution in [0.5, 0.6) is 0 Å². The maximum atomic E-state index is 12.2. The van der Waals surface area contributed by atoms with Crippen LogP contribution in [0.4, 0.5) is 0 Å². The first-order chi connectivity index (χ1) is 11.6. The summed E-state index contributed by atoms with van der Waals surface area (Å²) in [5.74, 6) is -0.273. The van der Waals surface area contributed by atoms with Gasteiger partial charge in [-0.3, -0.25) is 14.6 Å². The van der Waals surface area contributed by atoms with Gasteiger partial charge in [-0.1, -0.05) is 35.3 Å². The molecule has 3 aromatic rings. The zero-order valence-electron chi connectivity index (χ0n) is 12.9. The molecule has 24 heavy (non-hydrogen) atoms. The summed E-state index contributed by atoms with van der Waals surface area (Å²) in [6.07, 6.45) is 1.73. The highest BCUT2D eigenvalue weighted by Gasteiger charge is 2.13. The highest BCUT2D eigenvalue weighted by molar-refractivity contribution is 6.31. The smallest absolute Gasteiger partial charge is 0.269 e. The summed E-state index contributed by atoms with van der Waals surface area (Å²) in [5, 5.41) is 15.1. The minimum Gasteiger partial charge on any atom is -0.345 e. The van der Waals surface area contributed by atoms with Crippen LogP contribution in [0, 0.1) is 0 Å². The molecule has 1 aromatic carbocycles. The first-order valence-electron chi connectivity index (χ1n) is 7.38. The summed E-state index contributed by atoms with van der Waals surface area (Å²) < 4.78 is 1.72. The summed E-state index contributed by atoms with van der Waals surface area (Å²) in [7, 11) is 0. The molecule has 0 atom stereocenters. The highest BCUT2D eigenvalue weighted by atomic mass is 35.5. The van der Waals surface area contributed by atoms with E-state index in [0.717, 1.165) is 12.1 Å². The van der Waals surface area contributed by atoms with Crippen LogP contribution in [0.25, 0.3) is 11.3 Å². The summed E-state index contributed by atoms with van der Waals surface area (Å²) in [6, 6.07) is 8.92. The van der Waals surface area contributed by atoms with Gasteiger partial charge in [0.15, 0.2) is 0 Å². The van der Waals surface area contributed by atoms with Crippen molar-refractivity contribution in [2.45, 2.75) is 20.0 Å². The molecule has 0 saturated heterocycles. The molecule has 6 nitrogen and oxygen atoms in total. The molecule has 0 unspecified atom stereocenters. The van der Waals surface area contributed by atoms with Crippen molar-refractivity contribution in [3.8, 4) is 11.3 Å². The Morgan fingerprint density at radius 2 is 2.04 bits per heavy atom. The molecule has 2 N–H and O–H groups in total. The molecule has 0 aliphatic carbocycles. The molecule has 0 aliphatic rings. The van der Waals surface area contributed by atoms with Gasteiger partial charge in [0.05, 0.1) is 17.3 Å². The van der Waals surface area contributed by atoms with Crippen LogP contribution in [-0.4, -0.2) is 25.9 Å². The van der Waals surface area contributed by atoms with E-state index in [-0.39, 0.29) is 12.5 Å². The van der Waals surface area contributed by atoms with Crippen molar-refractivity contribution in [2.75, 3.05) is 0 Å². The van der Waals surface area contributed by atoms with Crippen molar-refractivity contribution in [1.82, 2.24) is 25.3 Å². The number of aromatic amines is 1. The van der Waals surface area contributed by atoms with E-state index < -0.39 is 0 Å². The lowest BCUT2D eigenvalue weighted by molar-refractivity contribution is 0.0945. The van der Waals surface area contributed by atoms with Crippen LogP contribution in [0.2, 0.25) is 10.0 Å². The van der Waals surface area contributed by atoms with Crippen molar-refractivity contribution in [1.29, 1.82) is 0 Å². The van der Waals surface area contributed by atoms with Gasteiger partial charge in [0.2, 0.25) is 0 Å². The highest BCUT2D eigenvalue weighted by Crippen LogP contribution is 2.20. The van der Waals surface area contributed by atoms with Gasteiger partial charge >= 0.3 is 0 Å². The molecule has 0 radical (unpaired) electrons. The molecule has 0 saturated carbocycles. The van der Waals surface area contributed by atoms with Gasteiger partial charge in [0, 0.05) is 23.3 Å². The number of rotatable bonds is 5. The number of nitrogens with one attached hydrogen (secondary N) is 2. The Labute approximate surface area is 148 Å². The van der Waals surface area contributed by atoms with Crippen LogP contribution in [-0.2, 0) is 13.1 Å². The fraction of sp³-hybridized carbons (Fsp3) is 0.188. The third kappa shape index (κ3) is 3.60. The fourth-order valence-electron chi connectivity index (χ4n) is 2.18. The van der Waals surface area contributed by atoms with E-state index >= 15 is 0 Å². The molecule has 0 spiro atoms. The number of nitrogens with zero attached hydrogens (tertiary/aromatic N) is 3. The SMILES string of the molecule is CCn1cc(Cl)c(CNC(=O)c2cc(-c3ccc(Cl)cc3)n[nH]2)n1. The second kappa shape index (κ2) is 7.07. The number of halogens is 2. The summed E-state index contributed by atoms with van der Waals surface area (Å²) in [6.45, 7) is 2.94. The van der Waals surface area contributed by atoms with Crippen molar-refractivity contribution in [3.05, 3.63) is 58.0 Å². The topological polar surface area (TPSA) is 75.6 Å². The molecule has 124 valence electrons. The lowest BCUT2D eigenvalue weighted by atomic mass is 10.1. The summed E-state index contributed by atoms with van der Waals surface area (Å²) >= 11 is 12.0. The molecular weight excluding hydrogens is 349 g/mol. The van der Waals surface area contributed by atoms with E-state index in [1.54, 1.807) is 29.1 Å². The zero-order chi connectivity index (χ0) is 17.1. The van der Waals surface area contributed by atoms with E-state index in [0.29, 0.717) is 27.1 Å². The predicted octanol–water partition coefficient (Wildman–Crippen LogP) is 3.53. The van der Waals surface area contributed by atoms with Crippen molar-refractivity contribution >= 4 is 29.1 Å². The van der Waals surface area contributed by atoms with Crippen molar-refractivity contribution < 1.29 is 4.79 Å². The molecule has 0 bridgehead atoms. The van der Waals surface area contributed by atoms with Gasteiger partial charge < -0.3 is 5.32 Å². The largest absolute Gasteiger partial charge is 0.345 e. The third-order valence-corrected chi connectivity index (χ3v) is 4.06. The number of amides is 1. The van der Waals surface area contributed by atoms with E-state index in [9.17, 15) is 4.79 Å². The van der Waals surface area contributed by atoms with Crippen LogP contribution in [0.15, 0.2) is 36.5 Å². The van der Waals surface area contributed by atoms with Gasteiger partial charge in [-0.05, 0) is 25.1 Å². The molecule has 0 fully saturated rings. The minimum atomic E-state index is -0.273. The second-order valence-electron chi connectivity index (χ2n) is 5.14. The monoisotopic (exact) mass is 363 g/mol. The van der Waals surface area contributed by atoms with Gasteiger partial charge in [0.1, 0.15) is 11.4 Å². The maximum absolute atomic E-state index is 12.2. The van der Waals surface area contributed by atoms with Gasteiger partial charge in [0.25, 0.3) is 5.91 Å². The van der Waals surface area contributed by atoms with Crippen LogP contribution >= 0.6 is 23.2 Å². The van der Waals surface area contributed by atoms with E-state index in [1.165, 1.54) is 0 Å². The van der Waals surface area contributed by atoms with E-state index in [1.807, 2.05) is 19.1 Å². The summed E-state index contributed by atoms with van der Waals surface area (Å²) in [5.41, 5.74) is 2.54. The Morgan fingerprint density at radius 1 is 1.29 bits per heavy atom. The third-order valence-electron chi connectivity index (χ3n) is 3.49. The number of hydrogen-bond acceptors (Lipinski definition) is 3. The van der Waals surface area contributed by atoms with E-state index in [4.69, 9.17) is 23.2 Å². The molecular formula is C16H15Cl2N5O. The Hall–Kier alpha value is -2.31. The average Bonchev–Trinajstić information content (AvgIpc) is 3.20. The standard InChI is InChI=1S/C16H15Cl2N5O/c1-2-23-9-12(18)15(22-23)8-19-16(24)14-7-13(20-21-14)10-3-5-11(17)6-4-10/h3-7,9H,2,8H2,1H3,(H,19,24)(H,20,21). The van der Waals surface area contributed by atoms with Crippen molar-refractivity contribution in [3.63, 3.8) is 0 Å². The number of H-pyrrole nitrogens is 1. The minimum absolute atomic E-state index is 0.250. The first-order valence-corrected chi connectivity index (χ1v) is 8.13. The summed E-state index contributed by atoms with van der Waals surface area (Å²) in [4.78, 5) is 12.2. The van der Waals surface area contributed by atoms with E-state index in [2.05, 4.69) is 20.6 Å². The molecule has 2 aromatic heterocycles. The lowest BCUT2D eigenvalue weighted by Crippen LogP contribution is -2.23. The van der Waals surface area contributed by atoms with Crippen LogP contribution < -0.4 is 5.32 Å². The Balaban J connectivity index is 1.67. The predicted molar refractivity (Wildman–Crippen MR) is 93.1 cm³/mol. The second-order valence-corrected chi connectivity index (χ2v) is 5.98. The molecule has 2 heterocycles. The molecule has 8 heteroatoms. The lowest BCUT2D eigenvalue weighted by Gasteiger charge is -2.01. The Bertz CT molecular complexity index is 854. The number of carbonyl (C=O) groups is 1. The van der Waals surface area contributed by atoms with Crippen LogP contribution in [0.3, 0.4) is 0 Å². The van der Waals surface area contributed by atoms with Crippen molar-refractivity contribution in [2.24, 2.45) is 0 Å². The Morgan fingerprint density at radius 3 is 2.71 bits per heavy atom. The molecule has 0 aliphatic heterocycles. The number of hydrogen-bond donors (Lipinski definition) is 2. The number of benzene rings is 1. The maximum Gasteiger partial charge on any atom is 0.269 e.